The van der Waals surface area contributed by atoms with Crippen LogP contribution in [0.15, 0.2) is 42.7 Å². The molecule has 0 bridgehead atoms. The minimum Gasteiger partial charge on any atom is -0.488 e. The van der Waals surface area contributed by atoms with Crippen molar-refractivity contribution in [2.45, 2.75) is 25.1 Å². The number of alkyl halides is 3. The molecule has 0 amide bonds. The van der Waals surface area contributed by atoms with Crippen molar-refractivity contribution in [3.8, 4) is 17.0 Å². The van der Waals surface area contributed by atoms with Crippen molar-refractivity contribution < 1.29 is 17.9 Å². The van der Waals surface area contributed by atoms with Gasteiger partial charge in [0.2, 0.25) is 0 Å². The second kappa shape index (κ2) is 7.11. The smallest absolute Gasteiger partial charge is 0.433 e. The van der Waals surface area contributed by atoms with Crippen LogP contribution in [0.4, 0.5) is 13.2 Å². The van der Waals surface area contributed by atoms with Crippen LogP contribution in [0.25, 0.3) is 22.3 Å². The molecule has 4 heterocycles. The molecule has 0 saturated carbocycles. The van der Waals surface area contributed by atoms with Crippen LogP contribution < -0.4 is 10.1 Å². The topological polar surface area (TPSA) is 59.9 Å². The summed E-state index contributed by atoms with van der Waals surface area (Å²) >= 11 is 0. The third kappa shape index (κ3) is 3.85. The van der Waals surface area contributed by atoms with Crippen molar-refractivity contribution in [1.82, 2.24) is 20.3 Å². The van der Waals surface area contributed by atoms with E-state index in [0.717, 1.165) is 32.0 Å². The van der Waals surface area contributed by atoms with Gasteiger partial charge in [-0.2, -0.15) is 13.2 Å². The van der Waals surface area contributed by atoms with E-state index in [1.807, 2.05) is 0 Å². The number of piperidine rings is 1. The highest BCUT2D eigenvalue weighted by Crippen LogP contribution is 2.30. The lowest BCUT2D eigenvalue weighted by Gasteiger charge is -2.24. The highest BCUT2D eigenvalue weighted by molar-refractivity contribution is 5.83. The molecule has 0 aliphatic carbocycles. The molecule has 0 radical (unpaired) electrons. The fourth-order valence-corrected chi connectivity index (χ4v) is 3.06. The van der Waals surface area contributed by atoms with Gasteiger partial charge in [0.25, 0.3) is 0 Å². The second-order valence-corrected chi connectivity index (χ2v) is 6.37. The maximum atomic E-state index is 12.7. The highest BCUT2D eigenvalue weighted by Gasteiger charge is 2.32. The Kier molecular flexibility index (Phi) is 4.65. The number of hydrogen-bond acceptors (Lipinski definition) is 5. The number of ether oxygens (including phenoxy) is 1. The van der Waals surface area contributed by atoms with Crippen LogP contribution in [0.3, 0.4) is 0 Å². The molecule has 0 aromatic carbocycles. The fraction of sp³-hybridized carbons (Fsp3) is 0.316. The normalized spacial score (nSPS) is 15.8. The van der Waals surface area contributed by atoms with Gasteiger partial charge in [-0.25, -0.2) is 4.98 Å². The van der Waals surface area contributed by atoms with Crippen LogP contribution >= 0.6 is 0 Å². The van der Waals surface area contributed by atoms with Gasteiger partial charge in [-0.15, -0.1) is 0 Å². The lowest BCUT2D eigenvalue weighted by molar-refractivity contribution is -0.141. The van der Waals surface area contributed by atoms with Gasteiger partial charge >= 0.3 is 6.18 Å². The van der Waals surface area contributed by atoms with E-state index in [4.69, 9.17) is 4.74 Å². The van der Waals surface area contributed by atoms with Crippen LogP contribution in [0, 0.1) is 0 Å². The molecule has 5 nitrogen and oxygen atoms in total. The number of nitrogens with one attached hydrogen (secondary N) is 1. The Labute approximate surface area is 153 Å². The lowest BCUT2D eigenvalue weighted by atomic mass is 10.1. The molecular weight excluding hydrogens is 357 g/mol. The Hall–Kier alpha value is -2.74. The summed E-state index contributed by atoms with van der Waals surface area (Å²) in [7, 11) is 0. The summed E-state index contributed by atoms with van der Waals surface area (Å²) in [4.78, 5) is 12.4. The molecule has 1 aliphatic heterocycles. The van der Waals surface area contributed by atoms with E-state index in [-0.39, 0.29) is 6.10 Å². The SMILES string of the molecule is FC(F)(F)c1ccc(-c2ccc3nccc(OC4CCNCC4)c3n2)cn1. The molecule has 3 aromatic rings. The Bertz CT molecular complexity index is 938. The molecule has 1 N–H and O–H groups in total. The quantitative estimate of drug-likeness (QED) is 0.755. The first-order valence-electron chi connectivity index (χ1n) is 8.67. The number of halogens is 3. The summed E-state index contributed by atoms with van der Waals surface area (Å²) in [5.74, 6) is 0.633. The van der Waals surface area contributed by atoms with Gasteiger partial charge in [0.05, 0.1) is 11.2 Å². The molecule has 27 heavy (non-hydrogen) atoms. The van der Waals surface area contributed by atoms with Crippen molar-refractivity contribution in [3.05, 3.63) is 48.4 Å². The summed E-state index contributed by atoms with van der Waals surface area (Å²) in [6, 6.07) is 7.59. The summed E-state index contributed by atoms with van der Waals surface area (Å²) in [5, 5.41) is 3.29. The Morgan fingerprint density at radius 1 is 1.00 bits per heavy atom. The Balaban J connectivity index is 1.67. The summed E-state index contributed by atoms with van der Waals surface area (Å²) < 4.78 is 44.2. The summed E-state index contributed by atoms with van der Waals surface area (Å²) in [5.41, 5.74) is 1.36. The van der Waals surface area contributed by atoms with Gasteiger partial charge in [-0.3, -0.25) is 9.97 Å². The Morgan fingerprint density at radius 2 is 1.81 bits per heavy atom. The molecule has 1 fully saturated rings. The standard InChI is InChI=1S/C19H17F3N4O/c20-19(21,22)17-4-1-12(11-25-17)14-2-3-15-18(26-14)16(7-10-24-15)27-13-5-8-23-9-6-13/h1-4,7,10-11,13,23H,5-6,8-9H2. The molecule has 3 aromatic heterocycles. The lowest BCUT2D eigenvalue weighted by Crippen LogP contribution is -2.34. The molecule has 1 saturated heterocycles. The number of fused-ring (bicyclic) bond motifs is 1. The maximum absolute atomic E-state index is 12.7. The maximum Gasteiger partial charge on any atom is 0.433 e. The van der Waals surface area contributed by atoms with E-state index in [0.29, 0.717) is 28.0 Å². The fourth-order valence-electron chi connectivity index (χ4n) is 3.06. The summed E-state index contributed by atoms with van der Waals surface area (Å²) in [6.07, 6.45) is 0.309. The average Bonchev–Trinajstić information content (AvgIpc) is 2.68. The third-order valence-corrected chi connectivity index (χ3v) is 4.48. The number of nitrogens with zero attached hydrogens (tertiary/aromatic N) is 3. The highest BCUT2D eigenvalue weighted by atomic mass is 19.4. The first kappa shape index (κ1) is 17.7. The first-order valence-corrected chi connectivity index (χ1v) is 8.67. The minimum atomic E-state index is -4.46. The molecule has 4 rings (SSSR count). The number of rotatable bonds is 3. The second-order valence-electron chi connectivity index (χ2n) is 6.37. The molecule has 0 atom stereocenters. The van der Waals surface area contributed by atoms with Gasteiger partial charge in [0, 0.05) is 24.0 Å². The van der Waals surface area contributed by atoms with Crippen LogP contribution in [0.2, 0.25) is 0 Å². The molecule has 140 valence electrons. The molecule has 0 unspecified atom stereocenters. The van der Waals surface area contributed by atoms with E-state index in [9.17, 15) is 13.2 Å². The van der Waals surface area contributed by atoms with E-state index in [2.05, 4.69) is 20.3 Å². The molecule has 8 heteroatoms. The van der Waals surface area contributed by atoms with Crippen molar-refractivity contribution >= 4 is 11.0 Å². The largest absolute Gasteiger partial charge is 0.488 e. The van der Waals surface area contributed by atoms with E-state index in [1.54, 1.807) is 24.4 Å². The molecular formula is C19H17F3N4O. The zero-order valence-corrected chi connectivity index (χ0v) is 14.3. The van der Waals surface area contributed by atoms with Crippen LogP contribution in [-0.4, -0.2) is 34.1 Å². The molecule has 0 spiro atoms. The zero-order chi connectivity index (χ0) is 18.9. The minimum absolute atomic E-state index is 0.107. The number of hydrogen-bond donors (Lipinski definition) is 1. The van der Waals surface area contributed by atoms with Gasteiger partial charge in [0.1, 0.15) is 23.1 Å². The van der Waals surface area contributed by atoms with Gasteiger partial charge in [0.15, 0.2) is 0 Å². The van der Waals surface area contributed by atoms with Gasteiger partial charge in [-0.1, -0.05) is 0 Å². The van der Waals surface area contributed by atoms with Gasteiger partial charge < -0.3 is 10.1 Å². The predicted octanol–water partition coefficient (Wildman–Crippen LogP) is 3.84. The van der Waals surface area contributed by atoms with Crippen molar-refractivity contribution in [3.63, 3.8) is 0 Å². The van der Waals surface area contributed by atoms with Crippen molar-refractivity contribution in [2.24, 2.45) is 0 Å². The number of aromatic nitrogens is 3. The van der Waals surface area contributed by atoms with E-state index >= 15 is 0 Å². The molecule has 1 aliphatic rings. The van der Waals surface area contributed by atoms with Crippen LogP contribution in [-0.2, 0) is 6.18 Å². The predicted molar refractivity (Wildman–Crippen MR) is 94.3 cm³/mol. The Morgan fingerprint density at radius 3 is 2.52 bits per heavy atom. The van der Waals surface area contributed by atoms with Crippen LogP contribution in [0.5, 0.6) is 5.75 Å². The summed E-state index contributed by atoms with van der Waals surface area (Å²) in [6.45, 7) is 1.81. The monoisotopic (exact) mass is 374 g/mol. The average molecular weight is 374 g/mol. The number of pyridine rings is 3. The first-order chi connectivity index (χ1) is 13.0. The van der Waals surface area contributed by atoms with Crippen LogP contribution in [0.1, 0.15) is 18.5 Å². The van der Waals surface area contributed by atoms with Gasteiger partial charge in [-0.05, 0) is 50.2 Å². The zero-order valence-electron chi connectivity index (χ0n) is 14.3. The van der Waals surface area contributed by atoms with E-state index < -0.39 is 11.9 Å². The van der Waals surface area contributed by atoms with Crippen molar-refractivity contribution in [2.75, 3.05) is 13.1 Å². The third-order valence-electron chi connectivity index (χ3n) is 4.48. The van der Waals surface area contributed by atoms with Crippen molar-refractivity contribution in [1.29, 1.82) is 0 Å². The van der Waals surface area contributed by atoms with E-state index in [1.165, 1.54) is 12.3 Å².